The van der Waals surface area contributed by atoms with Gasteiger partial charge < -0.3 is 20.1 Å². The van der Waals surface area contributed by atoms with E-state index in [2.05, 4.69) is 15.6 Å². The molecule has 1 aliphatic carbocycles. The van der Waals surface area contributed by atoms with E-state index >= 15 is 0 Å². The van der Waals surface area contributed by atoms with Gasteiger partial charge in [-0.15, -0.1) is 0 Å². The first-order chi connectivity index (χ1) is 13.7. The van der Waals surface area contributed by atoms with Gasteiger partial charge in [-0.2, -0.15) is 0 Å². The number of hydrogen-bond donors (Lipinski definition) is 2. The highest BCUT2D eigenvalue weighted by molar-refractivity contribution is 5.91. The van der Waals surface area contributed by atoms with E-state index in [-0.39, 0.29) is 17.7 Å². The van der Waals surface area contributed by atoms with Gasteiger partial charge in [0, 0.05) is 6.20 Å². The van der Waals surface area contributed by atoms with Crippen LogP contribution in [0.3, 0.4) is 0 Å². The summed E-state index contributed by atoms with van der Waals surface area (Å²) in [5.74, 6) is 0.620. The third-order valence-electron chi connectivity index (χ3n) is 5.55. The molecule has 2 aromatic rings. The van der Waals surface area contributed by atoms with Crippen molar-refractivity contribution in [3.8, 4) is 5.75 Å². The van der Waals surface area contributed by atoms with Crippen molar-refractivity contribution < 1.29 is 14.3 Å². The Morgan fingerprint density at radius 3 is 2.79 bits per heavy atom. The van der Waals surface area contributed by atoms with Crippen LogP contribution in [0.4, 0.5) is 10.5 Å². The molecule has 6 heteroatoms. The van der Waals surface area contributed by atoms with Gasteiger partial charge in [-0.3, -0.25) is 4.98 Å². The molecule has 1 saturated carbocycles. The number of ether oxygens (including phenoxy) is 2. The lowest BCUT2D eigenvalue weighted by molar-refractivity contribution is -0.0245. The number of carbonyl (C=O) groups excluding carboxylic acids is 1. The Balaban J connectivity index is 1.32. The highest BCUT2D eigenvalue weighted by Gasteiger charge is 2.41. The summed E-state index contributed by atoms with van der Waals surface area (Å²) in [6.07, 6.45) is 8.59. The Bertz CT molecular complexity index is 791. The van der Waals surface area contributed by atoms with Crippen molar-refractivity contribution in [3.63, 3.8) is 0 Å². The second kappa shape index (κ2) is 8.61. The first-order valence-corrected chi connectivity index (χ1v) is 10.1. The molecule has 0 radical (unpaired) electrons. The number of benzene rings is 1. The Labute approximate surface area is 165 Å². The predicted octanol–water partition coefficient (Wildman–Crippen LogP) is 4.27. The molecule has 2 N–H and O–H groups in total. The monoisotopic (exact) mass is 381 g/mol. The number of hydrogen-bond acceptors (Lipinski definition) is 4. The third kappa shape index (κ3) is 4.62. The number of anilines is 1. The maximum absolute atomic E-state index is 12.5. The molecule has 1 atom stereocenters. The van der Waals surface area contributed by atoms with Gasteiger partial charge >= 0.3 is 6.03 Å². The van der Waals surface area contributed by atoms with Gasteiger partial charge in [0.1, 0.15) is 12.4 Å². The smallest absolute Gasteiger partial charge is 0.319 e. The minimum atomic E-state index is -0.227. The topological polar surface area (TPSA) is 72.5 Å². The average Bonchev–Trinajstić information content (AvgIpc) is 3.10. The van der Waals surface area contributed by atoms with Crippen molar-refractivity contribution in [1.29, 1.82) is 0 Å². The van der Waals surface area contributed by atoms with Crippen molar-refractivity contribution in [2.75, 3.05) is 11.9 Å². The summed E-state index contributed by atoms with van der Waals surface area (Å²) >= 11 is 0. The van der Waals surface area contributed by atoms with Crippen molar-refractivity contribution in [2.45, 2.75) is 56.8 Å². The number of nitrogens with zero attached hydrogens (tertiary/aromatic N) is 1. The van der Waals surface area contributed by atoms with E-state index in [1.807, 2.05) is 42.5 Å². The third-order valence-corrected chi connectivity index (χ3v) is 5.55. The summed E-state index contributed by atoms with van der Waals surface area (Å²) < 4.78 is 11.9. The lowest BCUT2D eigenvalue weighted by Crippen LogP contribution is -2.39. The summed E-state index contributed by atoms with van der Waals surface area (Å²) in [4.78, 5) is 16.8. The average molecular weight is 381 g/mol. The number of pyridine rings is 1. The molecule has 2 amide bonds. The van der Waals surface area contributed by atoms with Crippen molar-refractivity contribution in [1.82, 2.24) is 10.3 Å². The molecule has 1 aliphatic heterocycles. The molecule has 4 rings (SSSR count). The Morgan fingerprint density at radius 1 is 1.14 bits per heavy atom. The van der Waals surface area contributed by atoms with Crippen LogP contribution in [0.15, 0.2) is 48.7 Å². The molecule has 0 bridgehead atoms. The molecule has 2 fully saturated rings. The van der Waals surface area contributed by atoms with Crippen LogP contribution in [0.1, 0.15) is 44.2 Å². The summed E-state index contributed by atoms with van der Waals surface area (Å²) in [6.45, 7) is 0.936. The Hall–Kier alpha value is -2.60. The number of para-hydroxylation sites is 2. The van der Waals surface area contributed by atoms with Crippen LogP contribution < -0.4 is 15.4 Å². The maximum Gasteiger partial charge on any atom is 0.319 e. The quantitative estimate of drug-likeness (QED) is 0.811. The van der Waals surface area contributed by atoms with Crippen molar-refractivity contribution in [3.05, 3.63) is 54.4 Å². The van der Waals surface area contributed by atoms with Gasteiger partial charge in [0.25, 0.3) is 0 Å². The zero-order chi connectivity index (χ0) is 19.2. The zero-order valence-corrected chi connectivity index (χ0v) is 16.0. The first kappa shape index (κ1) is 18.7. The van der Waals surface area contributed by atoms with Gasteiger partial charge in [0.2, 0.25) is 0 Å². The summed E-state index contributed by atoms with van der Waals surface area (Å²) in [5, 5.41) is 5.97. The molecule has 1 spiro atoms. The molecule has 1 aromatic heterocycles. The molecular weight excluding hydrogens is 354 g/mol. The van der Waals surface area contributed by atoms with E-state index in [4.69, 9.17) is 9.47 Å². The van der Waals surface area contributed by atoms with Gasteiger partial charge in [0.05, 0.1) is 29.6 Å². The molecule has 28 heavy (non-hydrogen) atoms. The van der Waals surface area contributed by atoms with Crippen LogP contribution in [0.25, 0.3) is 0 Å². The van der Waals surface area contributed by atoms with Crippen LogP contribution in [-0.4, -0.2) is 29.3 Å². The van der Waals surface area contributed by atoms with E-state index in [1.165, 1.54) is 19.3 Å². The van der Waals surface area contributed by atoms with E-state index < -0.39 is 0 Å². The highest BCUT2D eigenvalue weighted by Crippen LogP contribution is 2.39. The summed E-state index contributed by atoms with van der Waals surface area (Å²) in [6, 6.07) is 13.0. The molecule has 6 nitrogen and oxygen atoms in total. The van der Waals surface area contributed by atoms with Crippen LogP contribution >= 0.6 is 0 Å². The highest BCUT2D eigenvalue weighted by atomic mass is 16.5. The minimum absolute atomic E-state index is 0.0140. The van der Waals surface area contributed by atoms with E-state index in [0.717, 1.165) is 25.0 Å². The number of aromatic nitrogens is 1. The standard InChI is InChI=1S/C22H27N3O3/c26-21(24-18-14-22(28-16-18)11-5-1-6-12-22)25-19-9-2-3-10-20(19)27-15-17-8-4-7-13-23-17/h2-4,7-10,13,18H,1,5-6,11-12,14-16H2,(H2,24,25,26)/t18-/m0/s1. The second-order valence-corrected chi connectivity index (χ2v) is 7.66. The first-order valence-electron chi connectivity index (χ1n) is 10.1. The largest absolute Gasteiger partial charge is 0.485 e. The predicted molar refractivity (Wildman–Crippen MR) is 107 cm³/mol. The molecule has 1 saturated heterocycles. The molecular formula is C22H27N3O3. The number of carbonyl (C=O) groups is 1. The molecule has 2 heterocycles. The van der Waals surface area contributed by atoms with Crippen LogP contribution in [0.2, 0.25) is 0 Å². The van der Waals surface area contributed by atoms with Gasteiger partial charge in [-0.25, -0.2) is 4.79 Å². The number of amides is 2. The fraction of sp³-hybridized carbons (Fsp3) is 0.455. The van der Waals surface area contributed by atoms with Gasteiger partial charge in [0.15, 0.2) is 0 Å². The second-order valence-electron chi connectivity index (χ2n) is 7.66. The Morgan fingerprint density at radius 2 is 1.96 bits per heavy atom. The number of rotatable bonds is 5. The summed E-state index contributed by atoms with van der Waals surface area (Å²) in [7, 11) is 0. The normalized spacial score (nSPS) is 20.6. The molecule has 2 aliphatic rings. The molecule has 0 unspecified atom stereocenters. The van der Waals surface area contributed by atoms with E-state index in [9.17, 15) is 4.79 Å². The van der Waals surface area contributed by atoms with Gasteiger partial charge in [-0.1, -0.05) is 37.5 Å². The van der Waals surface area contributed by atoms with E-state index in [1.54, 1.807) is 6.20 Å². The van der Waals surface area contributed by atoms with Crippen LogP contribution in [0, 0.1) is 0 Å². The van der Waals surface area contributed by atoms with Crippen LogP contribution in [0.5, 0.6) is 5.75 Å². The fourth-order valence-electron chi connectivity index (χ4n) is 4.16. The van der Waals surface area contributed by atoms with E-state index in [0.29, 0.717) is 24.7 Å². The maximum atomic E-state index is 12.5. The Kier molecular flexibility index (Phi) is 5.76. The summed E-state index contributed by atoms with van der Waals surface area (Å²) in [5.41, 5.74) is 1.46. The van der Waals surface area contributed by atoms with Crippen molar-refractivity contribution in [2.24, 2.45) is 0 Å². The number of nitrogens with one attached hydrogen (secondary N) is 2. The molecule has 1 aromatic carbocycles. The van der Waals surface area contributed by atoms with Gasteiger partial charge in [-0.05, 0) is 43.5 Å². The number of urea groups is 1. The van der Waals surface area contributed by atoms with Crippen LogP contribution in [-0.2, 0) is 11.3 Å². The van der Waals surface area contributed by atoms with Crippen molar-refractivity contribution >= 4 is 11.7 Å². The lowest BCUT2D eigenvalue weighted by Gasteiger charge is -2.32. The zero-order valence-electron chi connectivity index (χ0n) is 16.0. The SMILES string of the molecule is O=C(Nc1ccccc1OCc1ccccn1)N[C@@H]1COC2(CCCCC2)C1. The lowest BCUT2D eigenvalue weighted by atomic mass is 9.82. The minimum Gasteiger partial charge on any atom is -0.485 e. The molecule has 148 valence electrons. The fourth-order valence-corrected chi connectivity index (χ4v) is 4.16.